The Morgan fingerprint density at radius 2 is 2.05 bits per heavy atom. The third-order valence-electron chi connectivity index (χ3n) is 1.95. The maximum Gasteiger partial charge on any atom is 0.435 e. The van der Waals surface area contributed by atoms with Gasteiger partial charge in [-0.1, -0.05) is 6.58 Å². The van der Waals surface area contributed by atoms with E-state index in [1.807, 2.05) is 10.0 Å². The standard InChI is InChI=1S/C10H10F3N3O3S/c1-3-7(17)15-8-6(16-20(2,18)19)4-5-14-9(8)10(11,12)13/h3-5H,1H2,2H3,(H,14,16)(H,15,17). The average Bonchev–Trinajstić information content (AvgIpc) is 2.27. The highest BCUT2D eigenvalue weighted by Gasteiger charge is 2.37. The number of sulfonamides is 1. The Morgan fingerprint density at radius 3 is 2.50 bits per heavy atom. The molecule has 110 valence electrons. The van der Waals surface area contributed by atoms with E-state index in [-0.39, 0.29) is 0 Å². The minimum absolute atomic E-state index is 0.440. The molecule has 10 heteroatoms. The molecule has 0 aliphatic rings. The Morgan fingerprint density at radius 1 is 1.45 bits per heavy atom. The number of pyridine rings is 1. The quantitative estimate of drug-likeness (QED) is 0.827. The summed E-state index contributed by atoms with van der Waals surface area (Å²) in [5, 5.41) is 1.89. The molecule has 6 nitrogen and oxygen atoms in total. The fourth-order valence-corrected chi connectivity index (χ4v) is 1.83. The van der Waals surface area contributed by atoms with E-state index in [1.165, 1.54) is 0 Å². The summed E-state index contributed by atoms with van der Waals surface area (Å²) in [6, 6.07) is 0.995. The lowest BCUT2D eigenvalue weighted by Crippen LogP contribution is -2.19. The van der Waals surface area contributed by atoms with Crippen LogP contribution in [0, 0.1) is 0 Å². The molecule has 1 amide bonds. The van der Waals surface area contributed by atoms with Crippen LogP contribution in [0.2, 0.25) is 0 Å². The van der Waals surface area contributed by atoms with E-state index in [1.54, 1.807) is 0 Å². The number of carbonyl (C=O) groups is 1. The van der Waals surface area contributed by atoms with Crippen LogP contribution in [0.5, 0.6) is 0 Å². The first-order chi connectivity index (χ1) is 9.04. The fourth-order valence-electron chi connectivity index (χ4n) is 1.26. The Hall–Kier alpha value is -2.10. The lowest BCUT2D eigenvalue weighted by molar-refractivity contribution is -0.140. The van der Waals surface area contributed by atoms with Crippen LogP contribution in [0.3, 0.4) is 0 Å². The van der Waals surface area contributed by atoms with Gasteiger partial charge >= 0.3 is 6.18 Å². The van der Waals surface area contributed by atoms with Crippen LogP contribution in [-0.4, -0.2) is 25.6 Å². The van der Waals surface area contributed by atoms with Gasteiger partial charge in [-0.3, -0.25) is 9.52 Å². The first-order valence-corrected chi connectivity index (χ1v) is 6.91. The van der Waals surface area contributed by atoms with Crippen molar-refractivity contribution in [2.24, 2.45) is 0 Å². The van der Waals surface area contributed by atoms with Gasteiger partial charge in [0.05, 0.1) is 17.6 Å². The van der Waals surface area contributed by atoms with Crippen LogP contribution < -0.4 is 10.0 Å². The van der Waals surface area contributed by atoms with E-state index in [4.69, 9.17) is 0 Å². The number of nitrogens with zero attached hydrogens (tertiary/aromatic N) is 1. The number of carbonyl (C=O) groups excluding carboxylic acids is 1. The lowest BCUT2D eigenvalue weighted by atomic mass is 10.2. The molecule has 0 bridgehead atoms. The number of halogens is 3. The van der Waals surface area contributed by atoms with Crippen LogP contribution in [0.1, 0.15) is 5.69 Å². The van der Waals surface area contributed by atoms with Crippen molar-refractivity contribution in [2.75, 3.05) is 16.3 Å². The normalized spacial score (nSPS) is 11.8. The van der Waals surface area contributed by atoms with Crippen molar-refractivity contribution in [1.29, 1.82) is 0 Å². The number of alkyl halides is 3. The summed E-state index contributed by atoms with van der Waals surface area (Å²) in [6.45, 7) is 3.10. The molecule has 0 spiro atoms. The smallest absolute Gasteiger partial charge is 0.319 e. The predicted octanol–water partition coefficient (Wildman–Crippen LogP) is 1.60. The summed E-state index contributed by atoms with van der Waals surface area (Å²) in [5.41, 5.74) is -2.64. The van der Waals surface area contributed by atoms with Crippen molar-refractivity contribution in [3.05, 3.63) is 30.6 Å². The van der Waals surface area contributed by atoms with Gasteiger partial charge in [0.1, 0.15) is 0 Å². The highest BCUT2D eigenvalue weighted by Crippen LogP contribution is 2.37. The molecule has 0 fully saturated rings. The first kappa shape index (κ1) is 16.0. The minimum Gasteiger partial charge on any atom is -0.319 e. The van der Waals surface area contributed by atoms with E-state index < -0.39 is 39.2 Å². The third kappa shape index (κ3) is 4.23. The molecule has 0 saturated carbocycles. The van der Waals surface area contributed by atoms with E-state index in [2.05, 4.69) is 11.6 Å². The van der Waals surface area contributed by atoms with Gasteiger partial charge < -0.3 is 5.32 Å². The molecule has 1 rings (SSSR count). The number of hydrogen-bond donors (Lipinski definition) is 2. The molecule has 0 aliphatic heterocycles. The second kappa shape index (κ2) is 5.49. The van der Waals surface area contributed by atoms with Gasteiger partial charge in [0.15, 0.2) is 5.69 Å². The zero-order valence-electron chi connectivity index (χ0n) is 10.2. The minimum atomic E-state index is -4.86. The molecule has 20 heavy (non-hydrogen) atoms. The summed E-state index contributed by atoms with van der Waals surface area (Å²) in [7, 11) is -3.83. The average molecular weight is 309 g/mol. The highest BCUT2D eigenvalue weighted by atomic mass is 32.2. The largest absolute Gasteiger partial charge is 0.435 e. The van der Waals surface area contributed by atoms with Crippen LogP contribution >= 0.6 is 0 Å². The molecular formula is C10H10F3N3O3S. The van der Waals surface area contributed by atoms with Crippen molar-refractivity contribution in [1.82, 2.24) is 4.98 Å². The van der Waals surface area contributed by atoms with Crippen LogP contribution in [0.4, 0.5) is 24.5 Å². The van der Waals surface area contributed by atoms with E-state index >= 15 is 0 Å². The van der Waals surface area contributed by atoms with Gasteiger partial charge in [-0.15, -0.1) is 0 Å². The summed E-state index contributed by atoms with van der Waals surface area (Å²) >= 11 is 0. The second-order valence-electron chi connectivity index (χ2n) is 3.65. The molecule has 0 unspecified atom stereocenters. The number of anilines is 2. The van der Waals surface area contributed by atoms with Gasteiger partial charge in [0.2, 0.25) is 15.9 Å². The summed E-state index contributed by atoms with van der Waals surface area (Å²) in [4.78, 5) is 14.3. The number of rotatable bonds is 4. The first-order valence-electron chi connectivity index (χ1n) is 5.02. The summed E-state index contributed by atoms with van der Waals surface area (Å²) in [5.74, 6) is -0.931. The molecule has 0 saturated heterocycles. The molecule has 0 aromatic carbocycles. The Labute approximate surface area is 112 Å². The highest BCUT2D eigenvalue weighted by molar-refractivity contribution is 7.92. The Balaban J connectivity index is 3.44. The molecule has 0 aliphatic carbocycles. The molecular weight excluding hydrogens is 299 g/mol. The van der Waals surface area contributed by atoms with Gasteiger partial charge in [-0.25, -0.2) is 13.4 Å². The summed E-state index contributed by atoms with van der Waals surface area (Å²) in [6.07, 6.45) is -2.57. The van der Waals surface area contributed by atoms with Crippen molar-refractivity contribution in [3.63, 3.8) is 0 Å². The van der Waals surface area contributed by atoms with Gasteiger partial charge in [-0.05, 0) is 12.1 Å². The van der Waals surface area contributed by atoms with Gasteiger partial charge in [-0.2, -0.15) is 13.2 Å². The molecule has 0 atom stereocenters. The van der Waals surface area contributed by atoms with E-state index in [9.17, 15) is 26.4 Å². The fraction of sp³-hybridized carbons (Fsp3) is 0.200. The van der Waals surface area contributed by atoms with Crippen LogP contribution in [0.15, 0.2) is 24.9 Å². The van der Waals surface area contributed by atoms with E-state index in [0.29, 0.717) is 0 Å². The molecule has 0 radical (unpaired) electrons. The Kier molecular flexibility index (Phi) is 4.38. The zero-order valence-corrected chi connectivity index (χ0v) is 11.0. The zero-order chi connectivity index (χ0) is 15.6. The van der Waals surface area contributed by atoms with Crippen molar-refractivity contribution >= 4 is 27.3 Å². The van der Waals surface area contributed by atoms with Crippen molar-refractivity contribution in [2.45, 2.75) is 6.18 Å². The Bertz CT molecular complexity index is 641. The topological polar surface area (TPSA) is 88.2 Å². The monoisotopic (exact) mass is 309 g/mol. The van der Waals surface area contributed by atoms with Crippen molar-refractivity contribution < 1.29 is 26.4 Å². The molecule has 1 aromatic heterocycles. The van der Waals surface area contributed by atoms with E-state index in [0.717, 1.165) is 24.6 Å². The van der Waals surface area contributed by atoms with Gasteiger partial charge in [0, 0.05) is 6.20 Å². The maximum absolute atomic E-state index is 12.8. The number of nitrogens with one attached hydrogen (secondary N) is 2. The maximum atomic E-state index is 12.8. The summed E-state index contributed by atoms with van der Waals surface area (Å²) < 4.78 is 62.5. The SMILES string of the molecule is C=CC(=O)Nc1c(NS(C)(=O)=O)ccnc1C(F)(F)F. The molecule has 1 heterocycles. The number of hydrogen-bond acceptors (Lipinski definition) is 4. The lowest BCUT2D eigenvalue weighted by Gasteiger charge is -2.16. The predicted molar refractivity (Wildman–Crippen MR) is 66.5 cm³/mol. The molecule has 1 aromatic rings. The van der Waals surface area contributed by atoms with Gasteiger partial charge in [0.25, 0.3) is 0 Å². The second-order valence-corrected chi connectivity index (χ2v) is 5.40. The molecule has 2 N–H and O–H groups in total. The van der Waals surface area contributed by atoms with Crippen LogP contribution in [-0.2, 0) is 21.0 Å². The van der Waals surface area contributed by atoms with Crippen LogP contribution in [0.25, 0.3) is 0 Å². The number of amides is 1. The number of aromatic nitrogens is 1. The van der Waals surface area contributed by atoms with Crippen molar-refractivity contribution in [3.8, 4) is 0 Å². The third-order valence-corrected chi connectivity index (χ3v) is 2.54.